The summed E-state index contributed by atoms with van der Waals surface area (Å²) in [7, 11) is 0. The third kappa shape index (κ3) is 4.39. The summed E-state index contributed by atoms with van der Waals surface area (Å²) in [6.07, 6.45) is 4.27. The summed E-state index contributed by atoms with van der Waals surface area (Å²) in [5, 5.41) is 1.18. The lowest BCUT2D eigenvalue weighted by atomic mass is 9.86. The first kappa shape index (κ1) is 21.8. The predicted octanol–water partition coefficient (Wildman–Crippen LogP) is 8.58. The molecule has 0 saturated carbocycles. The molecule has 0 spiro atoms. The minimum atomic E-state index is 0.566. The molecule has 1 aromatic heterocycles. The Kier molecular flexibility index (Phi) is 5.70. The Labute approximate surface area is 208 Å². The van der Waals surface area contributed by atoms with Gasteiger partial charge in [-0.05, 0) is 88.7 Å². The standard InChI is InChI=1S/C34H31N/c1-23(2)31-20-24-10-14-26(31)15-11-25-13-17-27(16-12-24)32(21-25)29-7-5-8-30(22-29)34-19-18-28-6-3-4-9-33(28)35-34/h3-10,13-14,17-23H,11-12,15-16H2,1-2H3. The van der Waals surface area contributed by atoms with Crippen molar-refractivity contribution in [3.05, 3.63) is 125 Å². The van der Waals surface area contributed by atoms with Crippen LogP contribution in [0.1, 0.15) is 47.6 Å². The molecule has 4 aliphatic rings. The normalized spacial score (nSPS) is 13.2. The van der Waals surface area contributed by atoms with Crippen LogP contribution in [-0.2, 0) is 25.7 Å². The minimum absolute atomic E-state index is 0.566. The molecule has 172 valence electrons. The van der Waals surface area contributed by atoms with Gasteiger partial charge in [0.1, 0.15) is 0 Å². The van der Waals surface area contributed by atoms with Gasteiger partial charge < -0.3 is 0 Å². The SMILES string of the molecule is CC(C)c1cc2ccc1CCc1ccc(c(-c3cccc(-c4ccc5ccccc5n4)c3)c1)CC2. The first-order chi connectivity index (χ1) is 17.1. The van der Waals surface area contributed by atoms with Gasteiger partial charge in [0.05, 0.1) is 11.2 Å². The van der Waals surface area contributed by atoms with E-state index in [9.17, 15) is 0 Å². The number of rotatable bonds is 3. The maximum atomic E-state index is 4.94. The lowest BCUT2D eigenvalue weighted by Gasteiger charge is -2.19. The second-order valence-electron chi connectivity index (χ2n) is 10.1. The summed E-state index contributed by atoms with van der Waals surface area (Å²) in [6.45, 7) is 4.63. The van der Waals surface area contributed by atoms with E-state index in [1.807, 2.05) is 0 Å². The van der Waals surface area contributed by atoms with Crippen LogP contribution in [0.5, 0.6) is 0 Å². The molecule has 5 aromatic rings. The number of pyridine rings is 1. The van der Waals surface area contributed by atoms with E-state index in [4.69, 9.17) is 4.98 Å². The fraction of sp³-hybridized carbons (Fsp3) is 0.206. The van der Waals surface area contributed by atoms with Crippen molar-refractivity contribution in [2.24, 2.45) is 0 Å². The van der Waals surface area contributed by atoms with Gasteiger partial charge in [-0.2, -0.15) is 0 Å². The highest BCUT2D eigenvalue weighted by atomic mass is 14.7. The second kappa shape index (κ2) is 9.15. The zero-order valence-corrected chi connectivity index (χ0v) is 20.6. The minimum Gasteiger partial charge on any atom is -0.248 e. The highest BCUT2D eigenvalue weighted by Crippen LogP contribution is 2.32. The van der Waals surface area contributed by atoms with Gasteiger partial charge in [-0.1, -0.05) is 92.7 Å². The van der Waals surface area contributed by atoms with E-state index in [0.717, 1.165) is 36.9 Å². The van der Waals surface area contributed by atoms with Crippen molar-refractivity contribution in [3.63, 3.8) is 0 Å². The van der Waals surface area contributed by atoms with Gasteiger partial charge in [-0.15, -0.1) is 0 Å². The van der Waals surface area contributed by atoms with Gasteiger partial charge in [0, 0.05) is 10.9 Å². The average Bonchev–Trinajstić information content (AvgIpc) is 2.89. The first-order valence-corrected chi connectivity index (χ1v) is 12.8. The molecule has 0 aliphatic heterocycles. The molecule has 4 bridgehead atoms. The molecular formula is C34H31N. The molecular weight excluding hydrogens is 422 g/mol. The number of fused-ring (bicyclic) bond motifs is 1. The fourth-order valence-corrected chi connectivity index (χ4v) is 5.46. The van der Waals surface area contributed by atoms with Crippen molar-refractivity contribution in [2.45, 2.75) is 45.4 Å². The van der Waals surface area contributed by atoms with Crippen molar-refractivity contribution in [1.29, 1.82) is 0 Å². The molecule has 9 rings (SSSR count). The molecule has 0 unspecified atom stereocenters. The maximum Gasteiger partial charge on any atom is 0.0709 e. The molecule has 1 heterocycles. The highest BCUT2D eigenvalue weighted by Gasteiger charge is 2.14. The van der Waals surface area contributed by atoms with E-state index in [1.54, 1.807) is 0 Å². The Morgan fingerprint density at radius 1 is 0.600 bits per heavy atom. The second-order valence-corrected chi connectivity index (χ2v) is 10.1. The third-order valence-electron chi connectivity index (χ3n) is 7.44. The van der Waals surface area contributed by atoms with Crippen LogP contribution in [0, 0.1) is 0 Å². The summed E-state index contributed by atoms with van der Waals surface area (Å²) in [6, 6.07) is 35.9. The predicted molar refractivity (Wildman–Crippen MR) is 148 cm³/mol. The molecule has 1 nitrogen and oxygen atoms in total. The lowest BCUT2D eigenvalue weighted by molar-refractivity contribution is 0.819. The van der Waals surface area contributed by atoms with Crippen LogP contribution in [0.4, 0.5) is 0 Å². The molecule has 4 aliphatic carbocycles. The summed E-state index contributed by atoms with van der Waals surface area (Å²) < 4.78 is 0. The molecule has 0 N–H and O–H groups in total. The van der Waals surface area contributed by atoms with Crippen molar-refractivity contribution in [2.75, 3.05) is 0 Å². The molecule has 1 heteroatoms. The smallest absolute Gasteiger partial charge is 0.0709 e. The zero-order valence-electron chi connectivity index (χ0n) is 20.6. The highest BCUT2D eigenvalue weighted by molar-refractivity contribution is 5.82. The molecule has 0 amide bonds. The van der Waals surface area contributed by atoms with Crippen molar-refractivity contribution in [3.8, 4) is 22.4 Å². The van der Waals surface area contributed by atoms with Gasteiger partial charge in [-0.25, -0.2) is 4.98 Å². The summed E-state index contributed by atoms with van der Waals surface area (Å²) in [4.78, 5) is 4.94. The lowest BCUT2D eigenvalue weighted by Crippen LogP contribution is -2.04. The first-order valence-electron chi connectivity index (χ1n) is 12.8. The number of para-hydroxylation sites is 1. The third-order valence-corrected chi connectivity index (χ3v) is 7.44. The monoisotopic (exact) mass is 453 g/mol. The molecule has 0 fully saturated rings. The molecule has 0 atom stereocenters. The van der Waals surface area contributed by atoms with Gasteiger partial charge in [0.25, 0.3) is 0 Å². The molecule has 0 saturated heterocycles. The number of nitrogens with zero attached hydrogens (tertiary/aromatic N) is 1. The van der Waals surface area contributed by atoms with E-state index in [0.29, 0.717) is 5.92 Å². The summed E-state index contributed by atoms with van der Waals surface area (Å²) in [5.41, 5.74) is 13.2. The fourth-order valence-electron chi connectivity index (χ4n) is 5.46. The summed E-state index contributed by atoms with van der Waals surface area (Å²) in [5.74, 6) is 0.566. The Morgan fingerprint density at radius 3 is 2.20 bits per heavy atom. The number of aryl methyl sites for hydroxylation is 4. The molecule has 4 aromatic carbocycles. The summed E-state index contributed by atoms with van der Waals surface area (Å²) >= 11 is 0. The van der Waals surface area contributed by atoms with E-state index in [1.165, 1.54) is 49.9 Å². The zero-order chi connectivity index (χ0) is 23.8. The Bertz CT molecular complexity index is 1530. The van der Waals surface area contributed by atoms with Crippen molar-refractivity contribution >= 4 is 10.9 Å². The largest absolute Gasteiger partial charge is 0.248 e. The topological polar surface area (TPSA) is 12.9 Å². The van der Waals surface area contributed by atoms with E-state index >= 15 is 0 Å². The van der Waals surface area contributed by atoms with Crippen molar-refractivity contribution in [1.82, 2.24) is 4.98 Å². The van der Waals surface area contributed by atoms with Crippen LogP contribution in [0.2, 0.25) is 0 Å². The van der Waals surface area contributed by atoms with E-state index in [2.05, 4.69) is 111 Å². The molecule has 0 radical (unpaired) electrons. The van der Waals surface area contributed by atoms with Crippen LogP contribution >= 0.6 is 0 Å². The van der Waals surface area contributed by atoms with Crippen LogP contribution in [0.15, 0.2) is 97.1 Å². The Morgan fingerprint density at radius 2 is 1.34 bits per heavy atom. The Balaban J connectivity index is 1.39. The average molecular weight is 454 g/mol. The van der Waals surface area contributed by atoms with Crippen LogP contribution in [0.25, 0.3) is 33.3 Å². The number of aromatic nitrogens is 1. The van der Waals surface area contributed by atoms with E-state index < -0.39 is 0 Å². The van der Waals surface area contributed by atoms with Crippen LogP contribution in [-0.4, -0.2) is 4.98 Å². The quantitative estimate of drug-likeness (QED) is 0.266. The maximum absolute atomic E-state index is 4.94. The number of benzene rings is 4. The van der Waals surface area contributed by atoms with Crippen LogP contribution in [0.3, 0.4) is 0 Å². The van der Waals surface area contributed by atoms with Gasteiger partial charge in [0.15, 0.2) is 0 Å². The molecule has 35 heavy (non-hydrogen) atoms. The Hall–Kier alpha value is -3.71. The van der Waals surface area contributed by atoms with Crippen LogP contribution < -0.4 is 0 Å². The van der Waals surface area contributed by atoms with E-state index in [-0.39, 0.29) is 0 Å². The van der Waals surface area contributed by atoms with Gasteiger partial charge in [0.2, 0.25) is 0 Å². The van der Waals surface area contributed by atoms with Gasteiger partial charge in [-0.3, -0.25) is 0 Å². The number of hydrogen-bond donors (Lipinski definition) is 0. The number of hydrogen-bond acceptors (Lipinski definition) is 1. The van der Waals surface area contributed by atoms with Gasteiger partial charge >= 0.3 is 0 Å². The van der Waals surface area contributed by atoms with Crippen molar-refractivity contribution < 1.29 is 0 Å².